The van der Waals surface area contributed by atoms with Crippen molar-refractivity contribution in [3.05, 3.63) is 34.4 Å². The van der Waals surface area contributed by atoms with E-state index in [1.807, 2.05) is 0 Å². The van der Waals surface area contributed by atoms with Crippen LogP contribution < -0.4 is 0 Å². The van der Waals surface area contributed by atoms with Gasteiger partial charge in [-0.2, -0.15) is 0 Å². The predicted molar refractivity (Wildman–Crippen MR) is 50.1 cm³/mol. The van der Waals surface area contributed by atoms with Crippen LogP contribution in [0.4, 0.5) is 0 Å². The average Bonchev–Trinajstić information content (AvgIpc) is 1.99. The molecule has 0 aliphatic heterocycles. The Morgan fingerprint density at radius 2 is 1.55 bits per heavy atom. The molecule has 0 unspecified atom stereocenters. The zero-order chi connectivity index (χ0) is 8.43. The number of benzene rings is 1. The molecule has 1 rings (SSSR count). The first-order chi connectivity index (χ1) is 5.15. The van der Waals surface area contributed by atoms with Gasteiger partial charge in [0, 0.05) is 0 Å². The van der Waals surface area contributed by atoms with E-state index in [-0.39, 0.29) is 0 Å². The van der Waals surface area contributed by atoms with E-state index in [2.05, 4.69) is 50.6 Å². The van der Waals surface area contributed by atoms with Crippen LogP contribution in [0.1, 0.15) is 22.3 Å². The fraction of sp³-hybridized carbons (Fsp3) is 0.400. The summed E-state index contributed by atoms with van der Waals surface area (Å²) < 4.78 is 0. The molecule has 0 aliphatic carbocycles. The van der Waals surface area contributed by atoms with Crippen molar-refractivity contribution >= 4 is 17.7 Å². The molecule has 0 spiro atoms. The van der Waals surface area contributed by atoms with Crippen molar-refractivity contribution in [3.8, 4) is 0 Å². The van der Waals surface area contributed by atoms with Gasteiger partial charge < -0.3 is 0 Å². The molecule has 0 aromatic heterocycles. The standard InChI is InChI=1S/C10H13.Li/c1-7-5-8(2)10(4)9(3)6-7;/h5-6H,1H2,2-4H3;. The van der Waals surface area contributed by atoms with Crippen LogP contribution in [0.5, 0.6) is 0 Å². The summed E-state index contributed by atoms with van der Waals surface area (Å²) in [7, 11) is 0. The molecular formula is C10H13Li. The number of hydrogen-bond donors (Lipinski definition) is 0. The Kier molecular flexibility index (Phi) is 2.82. The minimum absolute atomic E-state index is 1.14. The topological polar surface area (TPSA) is 0 Å². The Hall–Kier alpha value is -0.183. The van der Waals surface area contributed by atoms with Gasteiger partial charge in [0.2, 0.25) is 0 Å². The van der Waals surface area contributed by atoms with Gasteiger partial charge in [0.05, 0.1) is 0 Å². The second-order valence-corrected chi connectivity index (χ2v) is 3.21. The van der Waals surface area contributed by atoms with E-state index in [1.54, 1.807) is 0 Å². The Balaban J connectivity index is 3.21. The number of rotatable bonds is 1. The molecule has 0 bridgehead atoms. The Bertz CT molecular complexity index is 241. The summed E-state index contributed by atoms with van der Waals surface area (Å²) in [5.41, 5.74) is 5.72. The molecule has 0 saturated carbocycles. The molecule has 0 amide bonds. The van der Waals surface area contributed by atoms with Gasteiger partial charge in [0.25, 0.3) is 0 Å². The van der Waals surface area contributed by atoms with E-state index in [1.165, 1.54) is 22.3 Å². The second kappa shape index (κ2) is 3.48. The predicted octanol–water partition coefficient (Wildman–Crippen LogP) is 2.28. The van der Waals surface area contributed by atoms with Gasteiger partial charge in [-0.25, -0.2) is 0 Å². The summed E-state index contributed by atoms with van der Waals surface area (Å²) in [5.74, 6) is 0. The molecule has 0 radical (unpaired) electrons. The van der Waals surface area contributed by atoms with Gasteiger partial charge in [-0.15, -0.1) is 0 Å². The number of hydrogen-bond acceptors (Lipinski definition) is 0. The SMILES string of the molecule is [Li][CH2]c1cc(C)c(C)c(C)c1. The third-order valence-corrected chi connectivity index (χ3v) is 2.40. The third-order valence-electron chi connectivity index (χ3n) is 2.40. The second-order valence-electron chi connectivity index (χ2n) is 3.21. The van der Waals surface area contributed by atoms with Crippen LogP contribution >= 0.6 is 0 Å². The van der Waals surface area contributed by atoms with Gasteiger partial charge in [-0.3, -0.25) is 0 Å². The molecule has 11 heavy (non-hydrogen) atoms. The molecule has 0 fully saturated rings. The van der Waals surface area contributed by atoms with Crippen LogP contribution in [0, 0.1) is 20.8 Å². The quantitative estimate of drug-likeness (QED) is 0.525. The first-order valence-electron chi connectivity index (χ1n) is 4.22. The van der Waals surface area contributed by atoms with E-state index in [0.717, 1.165) is 5.09 Å². The summed E-state index contributed by atoms with van der Waals surface area (Å²) in [6.07, 6.45) is 0. The van der Waals surface area contributed by atoms with E-state index in [9.17, 15) is 0 Å². The van der Waals surface area contributed by atoms with Crippen LogP contribution in [-0.4, -0.2) is 17.7 Å². The van der Waals surface area contributed by atoms with Crippen molar-refractivity contribution in [2.75, 3.05) is 0 Å². The molecule has 54 valence electrons. The zero-order valence-electron chi connectivity index (χ0n) is 7.86. The van der Waals surface area contributed by atoms with Gasteiger partial charge in [-0.05, 0) is 0 Å². The summed E-state index contributed by atoms with van der Waals surface area (Å²) in [4.78, 5) is 0. The molecule has 1 aromatic carbocycles. The first kappa shape index (κ1) is 8.91. The first-order valence-corrected chi connectivity index (χ1v) is 4.22. The normalized spacial score (nSPS) is 10.3. The third kappa shape index (κ3) is 1.89. The Morgan fingerprint density at radius 1 is 1.09 bits per heavy atom. The van der Waals surface area contributed by atoms with Crippen LogP contribution in [0.15, 0.2) is 12.1 Å². The van der Waals surface area contributed by atoms with E-state index < -0.39 is 0 Å². The maximum absolute atomic E-state index is 2.28. The molecule has 1 aromatic rings. The average molecular weight is 140 g/mol. The van der Waals surface area contributed by atoms with E-state index in [4.69, 9.17) is 0 Å². The van der Waals surface area contributed by atoms with Crippen LogP contribution in [-0.2, 0) is 5.09 Å². The monoisotopic (exact) mass is 140 g/mol. The van der Waals surface area contributed by atoms with Crippen molar-refractivity contribution in [1.82, 2.24) is 0 Å². The van der Waals surface area contributed by atoms with E-state index in [0.29, 0.717) is 0 Å². The van der Waals surface area contributed by atoms with Gasteiger partial charge in [0.15, 0.2) is 0 Å². The summed E-state index contributed by atoms with van der Waals surface area (Å²) in [6.45, 7) is 6.55. The van der Waals surface area contributed by atoms with Crippen LogP contribution in [0.2, 0.25) is 0 Å². The van der Waals surface area contributed by atoms with Crippen LogP contribution in [0.3, 0.4) is 0 Å². The molecule has 1 heteroatoms. The molecule has 0 saturated heterocycles. The van der Waals surface area contributed by atoms with Crippen molar-refractivity contribution < 1.29 is 0 Å². The maximum atomic E-state index is 2.28. The number of aryl methyl sites for hydroxylation is 2. The van der Waals surface area contributed by atoms with Crippen molar-refractivity contribution in [3.63, 3.8) is 0 Å². The fourth-order valence-corrected chi connectivity index (χ4v) is 1.33. The molecule has 0 nitrogen and oxygen atoms in total. The van der Waals surface area contributed by atoms with Crippen molar-refractivity contribution in [2.45, 2.75) is 25.9 Å². The van der Waals surface area contributed by atoms with Crippen molar-refractivity contribution in [2.24, 2.45) is 0 Å². The summed E-state index contributed by atoms with van der Waals surface area (Å²) in [5, 5.41) is 1.14. The Labute approximate surface area is 78.2 Å². The zero-order valence-corrected chi connectivity index (χ0v) is 7.86. The molecular weight excluding hydrogens is 127 g/mol. The minimum atomic E-state index is 1.14. The van der Waals surface area contributed by atoms with Gasteiger partial charge in [0.1, 0.15) is 0 Å². The molecule has 0 atom stereocenters. The van der Waals surface area contributed by atoms with Crippen LogP contribution in [0.25, 0.3) is 0 Å². The van der Waals surface area contributed by atoms with Gasteiger partial charge in [-0.1, -0.05) is 0 Å². The summed E-state index contributed by atoms with van der Waals surface area (Å²) >= 11 is 2.20. The van der Waals surface area contributed by atoms with Crippen molar-refractivity contribution in [1.29, 1.82) is 0 Å². The van der Waals surface area contributed by atoms with E-state index >= 15 is 0 Å². The molecule has 0 heterocycles. The summed E-state index contributed by atoms with van der Waals surface area (Å²) in [6, 6.07) is 4.56. The van der Waals surface area contributed by atoms with Gasteiger partial charge >= 0.3 is 78.0 Å². The fourth-order valence-electron chi connectivity index (χ4n) is 1.33. The molecule has 0 aliphatic rings. The Morgan fingerprint density at radius 3 is 1.91 bits per heavy atom. The molecule has 0 N–H and O–H groups in total.